The van der Waals surface area contributed by atoms with Crippen molar-refractivity contribution < 1.29 is 60.5 Å². The fourth-order valence-electron chi connectivity index (χ4n) is 4.94. The molecule has 20 heteroatoms. The summed E-state index contributed by atoms with van der Waals surface area (Å²) < 4.78 is 72.9. The van der Waals surface area contributed by atoms with Crippen LogP contribution in [0, 0.1) is 0 Å². The third-order valence-corrected chi connectivity index (χ3v) is 8.08. The number of esters is 2. The minimum atomic E-state index is -2.76. The zero-order valence-corrected chi connectivity index (χ0v) is 34.4. The van der Waals surface area contributed by atoms with Gasteiger partial charge >= 0.3 is 11.9 Å². The fraction of sp³-hybridized carbons (Fsp3) is 0.325. The van der Waals surface area contributed by atoms with Crippen molar-refractivity contribution in [2.45, 2.75) is 53.4 Å². The molecule has 0 bridgehead atoms. The van der Waals surface area contributed by atoms with E-state index in [-0.39, 0.29) is 54.3 Å². The van der Waals surface area contributed by atoms with Crippen LogP contribution in [0.15, 0.2) is 67.1 Å². The molecule has 0 amide bonds. The van der Waals surface area contributed by atoms with Crippen LogP contribution in [0.5, 0.6) is 11.5 Å². The van der Waals surface area contributed by atoms with Gasteiger partial charge < -0.3 is 29.1 Å². The van der Waals surface area contributed by atoms with Gasteiger partial charge in [-0.2, -0.15) is 0 Å². The largest absolute Gasteiger partial charge is 0.493 e. The molecule has 0 saturated carbocycles. The highest BCUT2D eigenvalue weighted by molar-refractivity contribution is 9.09. The highest BCUT2D eigenvalue weighted by Gasteiger charge is 2.20. The Hall–Kier alpha value is -6.31. The van der Waals surface area contributed by atoms with Crippen LogP contribution >= 0.6 is 15.9 Å². The van der Waals surface area contributed by atoms with Crippen LogP contribution in [0.2, 0.25) is 0 Å². The van der Waals surface area contributed by atoms with Crippen LogP contribution in [0.1, 0.15) is 94.5 Å². The normalized spacial score (nSPS) is 10.6. The van der Waals surface area contributed by atoms with Crippen molar-refractivity contribution in [3.63, 3.8) is 0 Å². The molecular formula is C40H41BrF4N6O9. The summed E-state index contributed by atoms with van der Waals surface area (Å²) in [4.78, 5) is 73.0. The van der Waals surface area contributed by atoms with E-state index in [1.807, 2.05) is 0 Å². The Kier molecular flexibility index (Phi) is 19.2. The minimum Gasteiger partial charge on any atom is -0.493 e. The molecule has 5 heterocycles. The maximum absolute atomic E-state index is 12.9. The van der Waals surface area contributed by atoms with Crippen LogP contribution in [-0.4, -0.2) is 85.4 Å². The molecule has 0 atom stereocenters. The number of nitrogens with two attached hydrogens (primary N) is 1. The standard InChI is InChI=1S/C20H19F2N3O4.C15H15F2N3O2.C5H7BrO3/c1-3-28-17-9-18-24-15(20(27)29-4-2)11-25(18)10-12(17)8-16(26)13-6-5-7-14(23-13)19(21)22;1-2-22-13-7-14(18)19-8-9(13)6-12(21)10-4-3-5-11(20-10)15(16)17;1-2-9-5(8)4(7)3-6/h5-7,9-11,19H,3-4,8H2,1-2H3;3-5,7-8,15H,2,6H2,1H3,(H2,18,19);2-3H2,1H3. The molecule has 0 aromatic carbocycles. The van der Waals surface area contributed by atoms with E-state index in [1.54, 1.807) is 44.4 Å². The molecule has 15 nitrogen and oxygen atoms in total. The van der Waals surface area contributed by atoms with Crippen molar-refractivity contribution >= 4 is 56.7 Å². The number of alkyl halides is 5. The molecule has 5 aromatic heterocycles. The van der Waals surface area contributed by atoms with Crippen LogP contribution in [0.3, 0.4) is 0 Å². The molecule has 0 radical (unpaired) electrons. The van der Waals surface area contributed by atoms with Gasteiger partial charge in [0.1, 0.15) is 45.7 Å². The molecule has 5 rings (SSSR count). The lowest BCUT2D eigenvalue weighted by atomic mass is 10.1. The molecule has 0 aliphatic carbocycles. The Bertz CT molecular complexity index is 2280. The maximum Gasteiger partial charge on any atom is 0.375 e. The van der Waals surface area contributed by atoms with Gasteiger partial charge in [0.25, 0.3) is 12.9 Å². The first kappa shape index (κ1) is 48.1. The number of halogens is 5. The van der Waals surface area contributed by atoms with Crippen LogP contribution in [-0.2, 0) is 31.9 Å². The number of ether oxygens (including phenoxy) is 4. The van der Waals surface area contributed by atoms with Crippen molar-refractivity contribution in [2.24, 2.45) is 0 Å². The first-order valence-corrected chi connectivity index (χ1v) is 19.3. The topological polar surface area (TPSA) is 204 Å². The second-order valence-corrected chi connectivity index (χ2v) is 12.4. The van der Waals surface area contributed by atoms with Gasteiger partial charge in [-0.05, 0) is 52.0 Å². The molecule has 0 aliphatic heterocycles. The number of hydrogen-bond donors (Lipinski definition) is 1. The first-order valence-electron chi connectivity index (χ1n) is 18.2. The highest BCUT2D eigenvalue weighted by Crippen LogP contribution is 2.25. The predicted octanol–water partition coefficient (Wildman–Crippen LogP) is 7.00. The average molecular weight is 906 g/mol. The van der Waals surface area contributed by atoms with Gasteiger partial charge in [0.15, 0.2) is 17.3 Å². The molecule has 0 unspecified atom stereocenters. The maximum atomic E-state index is 12.9. The third kappa shape index (κ3) is 14.2. The Labute approximate surface area is 349 Å². The van der Waals surface area contributed by atoms with Crippen LogP contribution in [0.4, 0.5) is 23.4 Å². The Morgan fingerprint density at radius 1 is 0.700 bits per heavy atom. The molecule has 0 fully saturated rings. The number of carbonyl (C=O) groups is 5. The quantitative estimate of drug-likeness (QED) is 0.0328. The number of hydrogen-bond acceptors (Lipinski definition) is 14. The second-order valence-electron chi connectivity index (χ2n) is 11.8. The minimum absolute atomic E-state index is 0.0166. The number of pyridine rings is 4. The molecule has 0 aliphatic rings. The molecular weight excluding hydrogens is 864 g/mol. The predicted molar refractivity (Wildman–Crippen MR) is 212 cm³/mol. The van der Waals surface area contributed by atoms with Gasteiger partial charge in [0, 0.05) is 54.7 Å². The fourth-order valence-corrected chi connectivity index (χ4v) is 5.17. The van der Waals surface area contributed by atoms with Gasteiger partial charge in [0.05, 0.1) is 31.8 Å². The number of imidazole rings is 1. The van der Waals surface area contributed by atoms with Crippen LogP contribution < -0.4 is 15.2 Å². The Balaban J connectivity index is 0.000000273. The van der Waals surface area contributed by atoms with Gasteiger partial charge in [0.2, 0.25) is 5.78 Å². The van der Waals surface area contributed by atoms with Crippen molar-refractivity contribution in [3.8, 4) is 11.5 Å². The van der Waals surface area contributed by atoms with Crippen molar-refractivity contribution in [1.29, 1.82) is 0 Å². The lowest BCUT2D eigenvalue weighted by molar-refractivity contribution is -0.152. The number of fused-ring (bicyclic) bond motifs is 1. The lowest BCUT2D eigenvalue weighted by Crippen LogP contribution is -2.17. The average Bonchev–Trinajstić information content (AvgIpc) is 3.65. The Morgan fingerprint density at radius 2 is 1.23 bits per heavy atom. The number of ketones is 3. The molecule has 0 spiro atoms. The molecule has 60 heavy (non-hydrogen) atoms. The first-order chi connectivity index (χ1) is 28.6. The zero-order valence-electron chi connectivity index (χ0n) is 32.8. The summed E-state index contributed by atoms with van der Waals surface area (Å²) in [6.07, 6.45) is -1.09. The summed E-state index contributed by atoms with van der Waals surface area (Å²) in [5, 5.41) is 0.0336. The van der Waals surface area contributed by atoms with Crippen molar-refractivity contribution in [1.82, 2.24) is 24.3 Å². The number of Topliss-reactive ketones (excluding diaryl/α,β-unsaturated/α-hetero) is 3. The molecule has 320 valence electrons. The Morgan fingerprint density at radius 3 is 1.73 bits per heavy atom. The van der Waals surface area contributed by atoms with E-state index in [1.165, 1.54) is 54.9 Å². The summed E-state index contributed by atoms with van der Waals surface area (Å²) >= 11 is 2.83. The number of anilines is 1. The summed E-state index contributed by atoms with van der Waals surface area (Å²) in [5.74, 6) is -1.55. The van der Waals surface area contributed by atoms with E-state index in [9.17, 15) is 41.5 Å². The summed E-state index contributed by atoms with van der Waals surface area (Å²) in [6, 6.07) is 11.0. The SMILES string of the molecule is CCOC(=O)C(=O)CBr.CCOC(=O)c1cn2cc(CC(=O)c3cccc(C(F)F)n3)c(OCC)cc2n1.CCOc1cc(N)ncc1CC(=O)c1cccc(C(F)F)n1. The number of carbonyl (C=O) groups excluding carboxylic acids is 5. The monoisotopic (exact) mass is 904 g/mol. The molecule has 0 saturated heterocycles. The highest BCUT2D eigenvalue weighted by atomic mass is 79.9. The van der Waals surface area contributed by atoms with E-state index >= 15 is 0 Å². The number of nitrogen functional groups attached to an aromatic ring is 1. The lowest BCUT2D eigenvalue weighted by Gasteiger charge is -2.11. The van der Waals surface area contributed by atoms with Crippen molar-refractivity contribution in [2.75, 3.05) is 37.5 Å². The second kappa shape index (κ2) is 23.9. The van der Waals surface area contributed by atoms with Crippen LogP contribution in [0.25, 0.3) is 5.65 Å². The number of aromatic nitrogens is 5. The summed E-state index contributed by atoms with van der Waals surface area (Å²) in [6.45, 7) is 8.17. The van der Waals surface area contributed by atoms with Gasteiger partial charge in [-0.15, -0.1) is 0 Å². The zero-order chi connectivity index (χ0) is 44.4. The summed E-state index contributed by atoms with van der Waals surface area (Å²) in [5.41, 5.74) is 6.26. The van der Waals surface area contributed by atoms with E-state index in [4.69, 9.17) is 19.9 Å². The van der Waals surface area contributed by atoms with E-state index in [0.29, 0.717) is 41.5 Å². The molecule has 5 aromatic rings. The third-order valence-electron chi connectivity index (χ3n) is 7.57. The smallest absolute Gasteiger partial charge is 0.375 e. The van der Waals surface area contributed by atoms with Gasteiger partial charge in [-0.1, -0.05) is 28.1 Å². The van der Waals surface area contributed by atoms with Gasteiger partial charge in [-0.3, -0.25) is 14.4 Å². The number of rotatable bonds is 17. The van der Waals surface area contributed by atoms with E-state index in [0.717, 1.165) is 0 Å². The van der Waals surface area contributed by atoms with Crippen molar-refractivity contribution in [3.05, 3.63) is 107 Å². The van der Waals surface area contributed by atoms with E-state index < -0.39 is 53.5 Å². The van der Waals surface area contributed by atoms with E-state index in [2.05, 4.69) is 40.6 Å². The number of nitrogens with zero attached hydrogens (tertiary/aromatic N) is 5. The summed E-state index contributed by atoms with van der Waals surface area (Å²) in [7, 11) is 0. The molecule has 2 N–H and O–H groups in total. The van der Waals surface area contributed by atoms with Gasteiger partial charge in [-0.25, -0.2) is 47.1 Å².